The average Bonchev–Trinajstić information content (AvgIpc) is 3.02. The SMILES string of the molecule is O=C(Nc1ccc(NC2CCCC2)cn1)c1cccc(Br)c1. The second kappa shape index (κ2) is 6.92. The molecule has 0 unspecified atom stereocenters. The van der Waals surface area contributed by atoms with Crippen molar-refractivity contribution in [2.45, 2.75) is 31.7 Å². The van der Waals surface area contributed by atoms with Crippen LogP contribution in [0, 0.1) is 0 Å². The number of benzene rings is 1. The van der Waals surface area contributed by atoms with Gasteiger partial charge >= 0.3 is 0 Å². The van der Waals surface area contributed by atoms with E-state index < -0.39 is 0 Å². The van der Waals surface area contributed by atoms with Gasteiger partial charge in [-0.05, 0) is 43.2 Å². The molecule has 22 heavy (non-hydrogen) atoms. The van der Waals surface area contributed by atoms with E-state index in [9.17, 15) is 4.79 Å². The third-order valence-electron chi connectivity index (χ3n) is 3.82. The van der Waals surface area contributed by atoms with Gasteiger partial charge in [-0.1, -0.05) is 34.8 Å². The van der Waals surface area contributed by atoms with Crippen molar-refractivity contribution in [1.82, 2.24) is 4.98 Å². The molecule has 0 radical (unpaired) electrons. The lowest BCUT2D eigenvalue weighted by Gasteiger charge is -2.13. The van der Waals surface area contributed by atoms with E-state index in [-0.39, 0.29) is 5.91 Å². The van der Waals surface area contributed by atoms with Gasteiger partial charge in [-0.15, -0.1) is 0 Å². The fourth-order valence-electron chi connectivity index (χ4n) is 2.68. The Bertz CT molecular complexity index is 651. The van der Waals surface area contributed by atoms with Crippen LogP contribution in [0.1, 0.15) is 36.0 Å². The first-order valence-electron chi connectivity index (χ1n) is 7.50. The van der Waals surface area contributed by atoms with Crippen molar-refractivity contribution in [3.63, 3.8) is 0 Å². The second-order valence-corrected chi connectivity index (χ2v) is 6.44. The summed E-state index contributed by atoms with van der Waals surface area (Å²) in [6.07, 6.45) is 6.81. The van der Waals surface area contributed by atoms with Crippen LogP contribution in [0.15, 0.2) is 47.1 Å². The Hall–Kier alpha value is -1.88. The quantitative estimate of drug-likeness (QED) is 0.847. The molecule has 1 heterocycles. The number of hydrogen-bond acceptors (Lipinski definition) is 3. The molecule has 0 spiro atoms. The number of carbonyl (C=O) groups is 1. The Kier molecular flexibility index (Phi) is 4.73. The molecule has 1 aliphatic carbocycles. The number of carbonyl (C=O) groups excluding carboxylic acids is 1. The standard InChI is InChI=1S/C17H18BrN3O/c18-13-5-3-4-12(10-13)17(22)21-16-9-8-15(11-19-16)20-14-6-1-2-7-14/h3-5,8-11,14,20H,1-2,6-7H2,(H,19,21,22). The molecule has 1 fully saturated rings. The van der Waals surface area contributed by atoms with E-state index in [1.165, 1.54) is 25.7 Å². The summed E-state index contributed by atoms with van der Waals surface area (Å²) in [5.41, 5.74) is 1.61. The predicted octanol–water partition coefficient (Wildman–Crippen LogP) is 4.45. The summed E-state index contributed by atoms with van der Waals surface area (Å²) < 4.78 is 0.879. The summed E-state index contributed by atoms with van der Waals surface area (Å²) in [7, 11) is 0. The maximum atomic E-state index is 12.1. The van der Waals surface area contributed by atoms with Crippen LogP contribution in [-0.2, 0) is 0 Å². The largest absolute Gasteiger partial charge is 0.381 e. The van der Waals surface area contributed by atoms with Gasteiger partial charge in [-0.25, -0.2) is 4.98 Å². The number of halogens is 1. The number of nitrogens with zero attached hydrogens (tertiary/aromatic N) is 1. The van der Waals surface area contributed by atoms with Crippen molar-refractivity contribution in [3.05, 3.63) is 52.6 Å². The Balaban J connectivity index is 1.61. The van der Waals surface area contributed by atoms with Crippen molar-refractivity contribution in [1.29, 1.82) is 0 Å². The van der Waals surface area contributed by atoms with Gasteiger partial charge in [0.05, 0.1) is 11.9 Å². The lowest BCUT2D eigenvalue weighted by Crippen LogP contribution is -2.15. The van der Waals surface area contributed by atoms with E-state index in [2.05, 4.69) is 31.5 Å². The van der Waals surface area contributed by atoms with Gasteiger partial charge in [0.2, 0.25) is 0 Å². The Labute approximate surface area is 138 Å². The van der Waals surface area contributed by atoms with Gasteiger partial charge in [0, 0.05) is 16.1 Å². The first-order valence-corrected chi connectivity index (χ1v) is 8.29. The lowest BCUT2D eigenvalue weighted by atomic mass is 10.2. The van der Waals surface area contributed by atoms with Crippen molar-refractivity contribution in [2.24, 2.45) is 0 Å². The minimum atomic E-state index is -0.162. The summed E-state index contributed by atoms with van der Waals surface area (Å²) in [4.78, 5) is 16.4. The van der Waals surface area contributed by atoms with Crippen LogP contribution in [0.5, 0.6) is 0 Å². The molecule has 0 bridgehead atoms. The summed E-state index contributed by atoms with van der Waals surface area (Å²) in [5.74, 6) is 0.396. The van der Waals surface area contributed by atoms with E-state index in [0.717, 1.165) is 10.2 Å². The van der Waals surface area contributed by atoms with Gasteiger partial charge in [-0.3, -0.25) is 4.79 Å². The lowest BCUT2D eigenvalue weighted by molar-refractivity contribution is 0.102. The Morgan fingerprint density at radius 3 is 2.68 bits per heavy atom. The number of rotatable bonds is 4. The zero-order valence-corrected chi connectivity index (χ0v) is 13.8. The third kappa shape index (κ3) is 3.85. The molecule has 0 aliphatic heterocycles. The maximum Gasteiger partial charge on any atom is 0.256 e. The zero-order chi connectivity index (χ0) is 15.4. The van der Waals surface area contributed by atoms with Crippen molar-refractivity contribution in [2.75, 3.05) is 10.6 Å². The van der Waals surface area contributed by atoms with Crippen molar-refractivity contribution in [3.8, 4) is 0 Å². The Morgan fingerprint density at radius 1 is 1.18 bits per heavy atom. The topological polar surface area (TPSA) is 54.0 Å². The van der Waals surface area contributed by atoms with Gasteiger partial charge in [0.15, 0.2) is 0 Å². The highest BCUT2D eigenvalue weighted by atomic mass is 79.9. The number of hydrogen-bond donors (Lipinski definition) is 2. The molecule has 0 atom stereocenters. The zero-order valence-electron chi connectivity index (χ0n) is 12.2. The summed E-state index contributed by atoms with van der Waals surface area (Å²) >= 11 is 3.36. The molecule has 1 aromatic heterocycles. The average molecular weight is 360 g/mol. The number of nitrogens with one attached hydrogen (secondary N) is 2. The van der Waals surface area contributed by atoms with E-state index in [4.69, 9.17) is 0 Å². The highest BCUT2D eigenvalue weighted by molar-refractivity contribution is 9.10. The molecule has 5 heteroatoms. The van der Waals surface area contributed by atoms with Crippen LogP contribution in [0.3, 0.4) is 0 Å². The normalized spacial score (nSPS) is 14.8. The monoisotopic (exact) mass is 359 g/mol. The van der Waals surface area contributed by atoms with Gasteiger partial charge in [0.25, 0.3) is 5.91 Å². The molecule has 114 valence electrons. The van der Waals surface area contributed by atoms with E-state index >= 15 is 0 Å². The summed E-state index contributed by atoms with van der Waals surface area (Å²) in [5, 5.41) is 6.29. The highest BCUT2D eigenvalue weighted by Crippen LogP contribution is 2.22. The van der Waals surface area contributed by atoms with Crippen LogP contribution >= 0.6 is 15.9 Å². The second-order valence-electron chi connectivity index (χ2n) is 5.52. The van der Waals surface area contributed by atoms with Crippen LogP contribution in [-0.4, -0.2) is 16.9 Å². The number of anilines is 2. The fourth-order valence-corrected chi connectivity index (χ4v) is 3.08. The summed E-state index contributed by atoms with van der Waals surface area (Å²) in [6.45, 7) is 0. The smallest absolute Gasteiger partial charge is 0.256 e. The molecular weight excluding hydrogens is 342 g/mol. The number of amides is 1. The third-order valence-corrected chi connectivity index (χ3v) is 4.31. The van der Waals surface area contributed by atoms with Gasteiger partial charge in [-0.2, -0.15) is 0 Å². The first-order chi connectivity index (χ1) is 10.7. The molecule has 1 aromatic carbocycles. The van der Waals surface area contributed by atoms with Gasteiger partial charge in [0.1, 0.15) is 5.82 Å². The molecule has 2 N–H and O–H groups in total. The van der Waals surface area contributed by atoms with E-state index in [1.54, 1.807) is 18.3 Å². The maximum absolute atomic E-state index is 12.1. The molecule has 1 saturated carbocycles. The van der Waals surface area contributed by atoms with Crippen LogP contribution in [0.4, 0.5) is 11.5 Å². The molecule has 0 saturated heterocycles. The predicted molar refractivity (Wildman–Crippen MR) is 92.2 cm³/mol. The molecule has 1 amide bonds. The highest BCUT2D eigenvalue weighted by Gasteiger charge is 2.14. The van der Waals surface area contributed by atoms with Crippen molar-refractivity contribution < 1.29 is 4.79 Å². The molecule has 4 nitrogen and oxygen atoms in total. The Morgan fingerprint density at radius 2 is 2.00 bits per heavy atom. The minimum Gasteiger partial charge on any atom is -0.381 e. The molecular formula is C17H18BrN3O. The minimum absolute atomic E-state index is 0.162. The number of aromatic nitrogens is 1. The number of pyridine rings is 1. The van der Waals surface area contributed by atoms with Crippen LogP contribution < -0.4 is 10.6 Å². The summed E-state index contributed by atoms with van der Waals surface area (Å²) in [6, 6.07) is 11.6. The fraction of sp³-hybridized carbons (Fsp3) is 0.294. The van der Waals surface area contributed by atoms with Crippen LogP contribution in [0.2, 0.25) is 0 Å². The van der Waals surface area contributed by atoms with E-state index in [0.29, 0.717) is 17.4 Å². The first kappa shape index (κ1) is 15.0. The molecule has 1 aliphatic rings. The molecule has 3 rings (SSSR count). The van der Waals surface area contributed by atoms with Gasteiger partial charge < -0.3 is 10.6 Å². The molecule has 2 aromatic rings. The van der Waals surface area contributed by atoms with Crippen LogP contribution in [0.25, 0.3) is 0 Å². The van der Waals surface area contributed by atoms with E-state index in [1.807, 2.05) is 24.3 Å². The van der Waals surface area contributed by atoms with Crippen molar-refractivity contribution >= 4 is 33.3 Å².